The van der Waals surface area contributed by atoms with Crippen LogP contribution < -0.4 is 20.1 Å². The first-order chi connectivity index (χ1) is 22.0. The van der Waals surface area contributed by atoms with Gasteiger partial charge in [0.15, 0.2) is 6.61 Å². The summed E-state index contributed by atoms with van der Waals surface area (Å²) < 4.78 is 27.4. The Kier molecular flexibility index (Phi) is 11.2. The highest BCUT2D eigenvalue weighted by atomic mass is 16.6. The fourth-order valence-electron chi connectivity index (χ4n) is 5.09. The zero-order valence-electron chi connectivity index (χ0n) is 26.7. The number of benzene rings is 3. The summed E-state index contributed by atoms with van der Waals surface area (Å²) in [6.45, 7) is 4.93. The number of hydrogen-bond acceptors (Lipinski definition) is 9. The zero-order valence-corrected chi connectivity index (χ0v) is 26.7. The van der Waals surface area contributed by atoms with Gasteiger partial charge in [-0.2, -0.15) is 0 Å². The fraction of sp³-hybridized carbons (Fsp3) is 0.371. The third kappa shape index (κ3) is 8.99. The number of methoxy groups -OCH3 is 1. The Bertz CT molecular complexity index is 1520. The van der Waals surface area contributed by atoms with Crippen molar-refractivity contribution in [2.45, 2.75) is 57.8 Å². The number of likely N-dealkylation sites (N-methyl/N-ethyl adjacent to an activating group) is 1. The van der Waals surface area contributed by atoms with Crippen molar-refractivity contribution in [1.29, 1.82) is 0 Å². The van der Waals surface area contributed by atoms with Gasteiger partial charge in [-0.3, -0.25) is 9.59 Å². The molecule has 0 radical (unpaired) electrons. The lowest BCUT2D eigenvalue weighted by molar-refractivity contribution is -0.155. The summed E-state index contributed by atoms with van der Waals surface area (Å²) in [4.78, 5) is 50.2. The standard InChI is InChI=1S/C35H40N2O9/c1-35(2,3)46-32(39)17-16-29(33(40)44-19-22-14-15-23(18-30(22)42-5)43-21-31(38)36-4)37-34(41)45-20-28-26-12-8-6-10-24(26)25-11-7-9-13-27(25)28/h6-15,18,28-29H,16-17,19-21H2,1-5H3,(H,36,38)(H,37,41)/t29-/m0/s1. The monoisotopic (exact) mass is 632 g/mol. The van der Waals surface area contributed by atoms with Gasteiger partial charge in [0, 0.05) is 31.0 Å². The van der Waals surface area contributed by atoms with Crippen LogP contribution in [0.25, 0.3) is 11.1 Å². The highest BCUT2D eigenvalue weighted by Crippen LogP contribution is 2.44. The van der Waals surface area contributed by atoms with Crippen molar-refractivity contribution in [2.24, 2.45) is 0 Å². The van der Waals surface area contributed by atoms with Gasteiger partial charge in [0.25, 0.3) is 5.91 Å². The average Bonchev–Trinajstić information content (AvgIpc) is 3.36. The third-order valence-corrected chi connectivity index (χ3v) is 7.25. The summed E-state index contributed by atoms with van der Waals surface area (Å²) in [7, 11) is 2.96. The maximum Gasteiger partial charge on any atom is 0.407 e. The molecule has 0 heterocycles. The summed E-state index contributed by atoms with van der Waals surface area (Å²) in [5, 5.41) is 5.05. The van der Waals surface area contributed by atoms with Crippen LogP contribution in [0.5, 0.6) is 11.5 Å². The largest absolute Gasteiger partial charge is 0.496 e. The molecule has 0 saturated heterocycles. The Balaban J connectivity index is 1.41. The quantitative estimate of drug-likeness (QED) is 0.199. The molecule has 1 aliphatic carbocycles. The van der Waals surface area contributed by atoms with E-state index in [1.807, 2.05) is 48.5 Å². The van der Waals surface area contributed by atoms with Crippen LogP contribution in [0.2, 0.25) is 0 Å². The number of nitrogens with one attached hydrogen (secondary N) is 2. The van der Waals surface area contributed by atoms with Crippen LogP contribution in [0, 0.1) is 0 Å². The number of amides is 2. The molecule has 0 fully saturated rings. The SMILES string of the molecule is CNC(=O)COc1ccc(COC(=O)[C@H](CCC(=O)OC(C)(C)C)NC(=O)OCC2c3ccccc3-c3ccccc32)c(OC)c1. The van der Waals surface area contributed by atoms with Crippen molar-refractivity contribution < 1.29 is 42.9 Å². The van der Waals surface area contributed by atoms with Gasteiger partial charge in [-0.15, -0.1) is 0 Å². The lowest BCUT2D eigenvalue weighted by Crippen LogP contribution is -2.43. The van der Waals surface area contributed by atoms with Crippen LogP contribution in [-0.4, -0.2) is 63.0 Å². The van der Waals surface area contributed by atoms with Crippen LogP contribution in [0.4, 0.5) is 4.79 Å². The van der Waals surface area contributed by atoms with Crippen LogP contribution in [0.15, 0.2) is 66.7 Å². The minimum atomic E-state index is -1.19. The predicted octanol–water partition coefficient (Wildman–Crippen LogP) is 4.89. The molecule has 11 nitrogen and oxygen atoms in total. The number of rotatable bonds is 13. The number of fused-ring (bicyclic) bond motifs is 3. The third-order valence-electron chi connectivity index (χ3n) is 7.25. The topological polar surface area (TPSA) is 138 Å². The number of carbonyl (C=O) groups excluding carboxylic acids is 4. The molecule has 0 bridgehead atoms. The molecular weight excluding hydrogens is 592 g/mol. The first-order valence-corrected chi connectivity index (χ1v) is 15.0. The highest BCUT2D eigenvalue weighted by molar-refractivity contribution is 5.83. The van der Waals surface area contributed by atoms with E-state index >= 15 is 0 Å². The van der Waals surface area contributed by atoms with Gasteiger partial charge in [-0.1, -0.05) is 48.5 Å². The van der Waals surface area contributed by atoms with Gasteiger partial charge < -0.3 is 34.3 Å². The summed E-state index contributed by atoms with van der Waals surface area (Å²) in [6, 6.07) is 19.6. The lowest BCUT2D eigenvalue weighted by Gasteiger charge is -2.22. The molecule has 0 aromatic heterocycles. The van der Waals surface area contributed by atoms with Crippen LogP contribution in [0.3, 0.4) is 0 Å². The fourth-order valence-corrected chi connectivity index (χ4v) is 5.09. The molecule has 0 unspecified atom stereocenters. The van der Waals surface area contributed by atoms with Gasteiger partial charge in [0.2, 0.25) is 0 Å². The summed E-state index contributed by atoms with van der Waals surface area (Å²) in [6.07, 6.45) is -1.02. The lowest BCUT2D eigenvalue weighted by atomic mass is 9.98. The molecule has 2 N–H and O–H groups in total. The van der Waals surface area contributed by atoms with Crippen molar-refractivity contribution in [3.63, 3.8) is 0 Å². The Morgan fingerprint density at radius 2 is 1.54 bits per heavy atom. The van der Waals surface area contributed by atoms with Crippen molar-refractivity contribution in [3.8, 4) is 22.6 Å². The van der Waals surface area contributed by atoms with Crippen LogP contribution in [0.1, 0.15) is 56.2 Å². The van der Waals surface area contributed by atoms with E-state index in [0.717, 1.165) is 22.3 Å². The van der Waals surface area contributed by atoms with E-state index in [1.54, 1.807) is 39.0 Å². The Labute approximate surface area is 268 Å². The van der Waals surface area contributed by atoms with E-state index in [-0.39, 0.29) is 44.5 Å². The molecule has 0 aliphatic heterocycles. The minimum Gasteiger partial charge on any atom is -0.496 e. The first kappa shape index (κ1) is 33.8. The molecule has 3 aromatic carbocycles. The second kappa shape index (κ2) is 15.3. The Morgan fingerprint density at radius 1 is 0.891 bits per heavy atom. The van der Waals surface area contributed by atoms with Crippen LogP contribution in [-0.2, 0) is 35.2 Å². The summed E-state index contributed by atoms with van der Waals surface area (Å²) in [5.41, 5.74) is 4.10. The first-order valence-electron chi connectivity index (χ1n) is 15.0. The number of ether oxygens (including phenoxy) is 5. The second-order valence-electron chi connectivity index (χ2n) is 11.7. The van der Waals surface area contributed by atoms with E-state index < -0.39 is 29.7 Å². The molecule has 2 amide bonds. The van der Waals surface area contributed by atoms with E-state index in [2.05, 4.69) is 10.6 Å². The molecule has 11 heteroatoms. The number of alkyl carbamates (subject to hydrolysis) is 1. The molecule has 0 saturated carbocycles. The Morgan fingerprint density at radius 3 is 2.15 bits per heavy atom. The van der Waals surface area contributed by atoms with E-state index in [0.29, 0.717) is 17.1 Å². The molecule has 244 valence electrons. The molecule has 0 spiro atoms. The highest BCUT2D eigenvalue weighted by Gasteiger charge is 2.30. The van der Waals surface area contributed by atoms with Gasteiger partial charge >= 0.3 is 18.0 Å². The molecule has 1 aliphatic rings. The van der Waals surface area contributed by atoms with Gasteiger partial charge in [-0.25, -0.2) is 9.59 Å². The normalized spacial score (nSPS) is 12.6. The van der Waals surface area contributed by atoms with Crippen molar-refractivity contribution in [1.82, 2.24) is 10.6 Å². The average molecular weight is 633 g/mol. The maximum atomic E-state index is 13.3. The maximum absolute atomic E-state index is 13.3. The zero-order chi connectivity index (χ0) is 33.3. The van der Waals surface area contributed by atoms with Crippen LogP contribution >= 0.6 is 0 Å². The number of hydrogen-bond donors (Lipinski definition) is 2. The molecule has 46 heavy (non-hydrogen) atoms. The van der Waals surface area contributed by atoms with Gasteiger partial charge in [-0.05, 0) is 61.6 Å². The van der Waals surface area contributed by atoms with Crippen molar-refractivity contribution in [2.75, 3.05) is 27.4 Å². The summed E-state index contributed by atoms with van der Waals surface area (Å²) >= 11 is 0. The van der Waals surface area contributed by atoms with Crippen molar-refractivity contribution in [3.05, 3.63) is 83.4 Å². The molecular formula is C35H40N2O9. The molecule has 4 rings (SSSR count). The molecule has 3 aromatic rings. The van der Waals surface area contributed by atoms with Crippen molar-refractivity contribution >= 4 is 23.9 Å². The van der Waals surface area contributed by atoms with E-state index in [1.165, 1.54) is 14.2 Å². The second-order valence-corrected chi connectivity index (χ2v) is 11.7. The van der Waals surface area contributed by atoms with E-state index in [9.17, 15) is 19.2 Å². The smallest absolute Gasteiger partial charge is 0.407 e. The van der Waals surface area contributed by atoms with Gasteiger partial charge in [0.1, 0.15) is 36.4 Å². The summed E-state index contributed by atoms with van der Waals surface area (Å²) in [5.74, 6) is -0.980. The Hall–Kier alpha value is -5.06. The number of carbonyl (C=O) groups is 4. The van der Waals surface area contributed by atoms with E-state index in [4.69, 9.17) is 23.7 Å². The number of esters is 2. The predicted molar refractivity (Wildman–Crippen MR) is 169 cm³/mol. The molecule has 1 atom stereocenters. The van der Waals surface area contributed by atoms with Gasteiger partial charge in [0.05, 0.1) is 7.11 Å². The minimum absolute atomic E-state index is 0.0548.